The Morgan fingerprint density at radius 3 is 2.75 bits per heavy atom. The molecule has 0 saturated heterocycles. The molecule has 2 nitrogen and oxygen atoms in total. The Bertz CT molecular complexity index is 376. The fourth-order valence-corrected chi connectivity index (χ4v) is 1.50. The number of hydrogen-bond acceptors (Lipinski definition) is 2. The molecule has 0 heterocycles. The lowest BCUT2D eigenvalue weighted by atomic mass is 9.99. The van der Waals surface area contributed by atoms with E-state index in [1.807, 2.05) is 6.92 Å². The molecule has 1 aromatic carbocycles. The van der Waals surface area contributed by atoms with Crippen molar-refractivity contribution in [2.75, 3.05) is 7.11 Å². The molecule has 2 N–H and O–H groups in total. The lowest BCUT2D eigenvalue weighted by Crippen LogP contribution is -2.12. The van der Waals surface area contributed by atoms with E-state index in [1.165, 1.54) is 13.2 Å². The molecule has 0 fully saturated rings. The van der Waals surface area contributed by atoms with E-state index < -0.39 is 0 Å². The summed E-state index contributed by atoms with van der Waals surface area (Å²) in [5, 5.41) is 0. The Hall–Kier alpha value is -1.35. The van der Waals surface area contributed by atoms with E-state index in [4.69, 9.17) is 10.5 Å². The predicted octanol–water partition coefficient (Wildman–Crippen LogP) is 3.19. The quantitative estimate of drug-likeness (QED) is 0.778. The van der Waals surface area contributed by atoms with Gasteiger partial charge in [0.1, 0.15) is 11.6 Å². The molecule has 0 saturated carbocycles. The molecule has 0 aliphatic heterocycles. The second-order valence-electron chi connectivity index (χ2n) is 3.80. The molecule has 0 aliphatic carbocycles. The van der Waals surface area contributed by atoms with Gasteiger partial charge in [-0.3, -0.25) is 0 Å². The van der Waals surface area contributed by atoms with Crippen LogP contribution in [0.1, 0.15) is 31.4 Å². The van der Waals surface area contributed by atoms with Gasteiger partial charge in [-0.1, -0.05) is 25.1 Å². The van der Waals surface area contributed by atoms with Crippen molar-refractivity contribution in [2.24, 2.45) is 5.73 Å². The van der Waals surface area contributed by atoms with Crippen molar-refractivity contribution in [3.05, 3.63) is 41.7 Å². The number of ether oxygens (including phenoxy) is 1. The standard InChI is InChI=1S/C13H18FNO/c1-4-9(2)7-13(15)11-6-5-10(16-3)8-12(11)14/h5-6,8,13H,2,4,7,15H2,1,3H3. The van der Waals surface area contributed by atoms with Crippen molar-refractivity contribution in [1.82, 2.24) is 0 Å². The molecule has 1 aromatic rings. The maximum absolute atomic E-state index is 13.7. The molecule has 0 bridgehead atoms. The molecule has 0 aromatic heterocycles. The first-order chi connectivity index (χ1) is 7.58. The fourth-order valence-electron chi connectivity index (χ4n) is 1.50. The Labute approximate surface area is 95.9 Å². The van der Waals surface area contributed by atoms with Gasteiger partial charge in [-0.25, -0.2) is 4.39 Å². The number of rotatable bonds is 5. The van der Waals surface area contributed by atoms with Gasteiger partial charge < -0.3 is 10.5 Å². The third-order valence-corrected chi connectivity index (χ3v) is 2.62. The second-order valence-corrected chi connectivity index (χ2v) is 3.80. The van der Waals surface area contributed by atoms with Crippen LogP contribution < -0.4 is 10.5 Å². The summed E-state index contributed by atoms with van der Waals surface area (Å²) in [7, 11) is 1.51. The maximum atomic E-state index is 13.7. The highest BCUT2D eigenvalue weighted by molar-refractivity contribution is 5.31. The monoisotopic (exact) mass is 223 g/mol. The van der Waals surface area contributed by atoms with E-state index in [0.717, 1.165) is 12.0 Å². The van der Waals surface area contributed by atoms with E-state index in [9.17, 15) is 4.39 Å². The zero-order valence-corrected chi connectivity index (χ0v) is 9.79. The van der Waals surface area contributed by atoms with Gasteiger partial charge in [0, 0.05) is 17.7 Å². The highest BCUT2D eigenvalue weighted by atomic mass is 19.1. The van der Waals surface area contributed by atoms with Crippen LogP contribution in [0.25, 0.3) is 0 Å². The summed E-state index contributed by atoms with van der Waals surface area (Å²) in [6.45, 7) is 5.89. The van der Waals surface area contributed by atoms with Crippen LogP contribution in [0, 0.1) is 5.82 Å². The van der Waals surface area contributed by atoms with Crippen LogP contribution in [-0.2, 0) is 0 Å². The smallest absolute Gasteiger partial charge is 0.131 e. The summed E-state index contributed by atoms with van der Waals surface area (Å²) in [6.07, 6.45) is 1.48. The average molecular weight is 223 g/mol. The van der Waals surface area contributed by atoms with Gasteiger partial charge in [0.05, 0.1) is 7.11 Å². The number of methoxy groups -OCH3 is 1. The number of nitrogens with two attached hydrogens (primary N) is 1. The molecule has 0 amide bonds. The summed E-state index contributed by atoms with van der Waals surface area (Å²) >= 11 is 0. The first-order valence-electron chi connectivity index (χ1n) is 5.34. The Morgan fingerprint density at radius 1 is 1.56 bits per heavy atom. The highest BCUT2D eigenvalue weighted by Crippen LogP contribution is 2.24. The van der Waals surface area contributed by atoms with Crippen molar-refractivity contribution < 1.29 is 9.13 Å². The van der Waals surface area contributed by atoms with Crippen LogP contribution in [0.2, 0.25) is 0 Å². The molecule has 88 valence electrons. The lowest BCUT2D eigenvalue weighted by molar-refractivity contribution is 0.410. The largest absolute Gasteiger partial charge is 0.497 e. The second kappa shape index (κ2) is 5.66. The third kappa shape index (κ3) is 3.07. The molecular formula is C13H18FNO. The van der Waals surface area contributed by atoms with Crippen molar-refractivity contribution in [3.63, 3.8) is 0 Å². The minimum atomic E-state index is -0.335. The normalized spacial score (nSPS) is 12.2. The average Bonchev–Trinajstić information content (AvgIpc) is 2.28. The molecule has 0 aliphatic rings. The fraction of sp³-hybridized carbons (Fsp3) is 0.385. The van der Waals surface area contributed by atoms with Gasteiger partial charge in [0.15, 0.2) is 0 Å². The first-order valence-corrected chi connectivity index (χ1v) is 5.34. The van der Waals surface area contributed by atoms with Crippen LogP contribution >= 0.6 is 0 Å². The van der Waals surface area contributed by atoms with Crippen LogP contribution in [0.4, 0.5) is 4.39 Å². The van der Waals surface area contributed by atoms with E-state index in [1.54, 1.807) is 12.1 Å². The molecule has 1 unspecified atom stereocenters. The predicted molar refractivity (Wildman–Crippen MR) is 63.9 cm³/mol. The van der Waals surface area contributed by atoms with Crippen molar-refractivity contribution in [2.45, 2.75) is 25.8 Å². The van der Waals surface area contributed by atoms with E-state index >= 15 is 0 Å². The van der Waals surface area contributed by atoms with Crippen LogP contribution in [0.15, 0.2) is 30.4 Å². The van der Waals surface area contributed by atoms with Crippen molar-refractivity contribution in [3.8, 4) is 5.75 Å². The number of hydrogen-bond donors (Lipinski definition) is 1. The summed E-state index contributed by atoms with van der Waals surface area (Å²) in [4.78, 5) is 0. The molecule has 3 heteroatoms. The minimum Gasteiger partial charge on any atom is -0.497 e. The van der Waals surface area contributed by atoms with Gasteiger partial charge in [-0.2, -0.15) is 0 Å². The van der Waals surface area contributed by atoms with Crippen LogP contribution in [0.3, 0.4) is 0 Å². The topological polar surface area (TPSA) is 35.2 Å². The summed E-state index contributed by atoms with van der Waals surface area (Å²) < 4.78 is 18.6. The van der Waals surface area contributed by atoms with Crippen molar-refractivity contribution in [1.29, 1.82) is 0 Å². The molecule has 0 radical (unpaired) electrons. The van der Waals surface area contributed by atoms with Crippen LogP contribution in [-0.4, -0.2) is 7.11 Å². The van der Waals surface area contributed by atoms with E-state index in [-0.39, 0.29) is 11.9 Å². The third-order valence-electron chi connectivity index (χ3n) is 2.62. The van der Waals surface area contributed by atoms with Crippen molar-refractivity contribution >= 4 is 0 Å². The Balaban J connectivity index is 2.83. The Morgan fingerprint density at radius 2 is 2.25 bits per heavy atom. The van der Waals surface area contributed by atoms with Crippen LogP contribution in [0.5, 0.6) is 5.75 Å². The molecular weight excluding hydrogens is 205 g/mol. The lowest BCUT2D eigenvalue weighted by Gasteiger charge is -2.14. The van der Waals surface area contributed by atoms with Gasteiger partial charge in [0.2, 0.25) is 0 Å². The summed E-state index contributed by atoms with van der Waals surface area (Å²) in [5.74, 6) is 0.179. The minimum absolute atomic E-state index is 0.323. The molecule has 1 rings (SSSR count). The zero-order chi connectivity index (χ0) is 12.1. The number of halogens is 1. The molecule has 0 spiro atoms. The molecule has 1 atom stereocenters. The number of benzene rings is 1. The first kappa shape index (κ1) is 12.7. The van der Waals surface area contributed by atoms with Gasteiger partial charge in [-0.15, -0.1) is 0 Å². The van der Waals surface area contributed by atoms with Gasteiger partial charge in [0.25, 0.3) is 0 Å². The maximum Gasteiger partial charge on any atom is 0.131 e. The zero-order valence-electron chi connectivity index (χ0n) is 9.79. The molecule has 16 heavy (non-hydrogen) atoms. The van der Waals surface area contributed by atoms with Gasteiger partial charge >= 0.3 is 0 Å². The SMILES string of the molecule is C=C(CC)CC(N)c1ccc(OC)cc1F. The Kier molecular flexibility index (Phi) is 4.50. The van der Waals surface area contributed by atoms with E-state index in [2.05, 4.69) is 6.58 Å². The summed E-state index contributed by atoms with van der Waals surface area (Å²) in [5.41, 5.74) is 7.46. The van der Waals surface area contributed by atoms with E-state index in [0.29, 0.717) is 17.7 Å². The van der Waals surface area contributed by atoms with Gasteiger partial charge in [-0.05, 0) is 18.9 Å². The highest BCUT2D eigenvalue weighted by Gasteiger charge is 2.12. The summed E-state index contributed by atoms with van der Waals surface area (Å²) in [6, 6.07) is 4.40.